The molecule has 0 saturated carbocycles. The molecule has 0 fully saturated rings. The van der Waals surface area contributed by atoms with E-state index < -0.39 is 5.97 Å². The van der Waals surface area contributed by atoms with Gasteiger partial charge in [-0.2, -0.15) is 0 Å². The molecule has 1 rings (SSSR count). The van der Waals surface area contributed by atoms with E-state index >= 15 is 0 Å². The Hall–Kier alpha value is -1.55. The third-order valence-electron chi connectivity index (χ3n) is 5.29. The Bertz CT molecular complexity index is 520. The van der Waals surface area contributed by atoms with Crippen LogP contribution in [0.2, 0.25) is 0 Å². The summed E-state index contributed by atoms with van der Waals surface area (Å²) in [5.74, 6) is -1.19. The summed E-state index contributed by atoms with van der Waals surface area (Å²) in [4.78, 5) is 10.1. The predicted octanol–water partition coefficient (Wildman–Crippen LogP) is 5.93. The molecule has 1 N–H and O–H groups in total. The first kappa shape index (κ1) is 28.5. The largest absolute Gasteiger partial charge is 0.545 e. The molecular formula is C26H47NO3. The van der Waals surface area contributed by atoms with Crippen molar-refractivity contribution in [2.45, 2.75) is 96.8 Å². The Kier molecular flexibility index (Phi) is 17.3. The van der Waals surface area contributed by atoms with Crippen LogP contribution in [-0.4, -0.2) is 43.2 Å². The number of carbonyl (C=O) groups excluding carboxylic acids is 1. The minimum Gasteiger partial charge on any atom is -0.545 e. The van der Waals surface area contributed by atoms with Gasteiger partial charge in [-0.1, -0.05) is 84.0 Å². The summed E-state index contributed by atoms with van der Waals surface area (Å²) in [6.45, 7) is 3.63. The SMILES string of the molecule is CCCCCCCCCCCCCCCC[N+](C)(C)C.O=C([O-])c1ccc(O)cc1. The molecule has 0 bridgehead atoms. The average molecular weight is 422 g/mol. The van der Waals surface area contributed by atoms with E-state index in [0.717, 1.165) is 4.48 Å². The highest BCUT2D eigenvalue weighted by molar-refractivity contribution is 5.85. The highest BCUT2D eigenvalue weighted by Gasteiger charge is 2.04. The monoisotopic (exact) mass is 421 g/mol. The summed E-state index contributed by atoms with van der Waals surface area (Å²) >= 11 is 0. The maximum Gasteiger partial charge on any atom is 0.115 e. The second kappa shape index (κ2) is 18.2. The van der Waals surface area contributed by atoms with Gasteiger partial charge in [-0.25, -0.2) is 0 Å². The van der Waals surface area contributed by atoms with Gasteiger partial charge in [0.1, 0.15) is 5.75 Å². The van der Waals surface area contributed by atoms with Gasteiger partial charge in [0.25, 0.3) is 0 Å². The summed E-state index contributed by atoms with van der Waals surface area (Å²) in [5.41, 5.74) is 0.0674. The van der Waals surface area contributed by atoms with Crippen LogP contribution in [0, 0.1) is 0 Å². The van der Waals surface area contributed by atoms with Gasteiger partial charge in [0.15, 0.2) is 0 Å². The molecule has 0 atom stereocenters. The minimum atomic E-state index is -1.24. The molecule has 0 unspecified atom stereocenters. The zero-order valence-electron chi connectivity index (χ0n) is 20.1. The number of nitrogens with zero attached hydrogens (tertiary/aromatic N) is 1. The van der Waals surface area contributed by atoms with Crippen molar-refractivity contribution in [1.82, 2.24) is 0 Å². The fourth-order valence-electron chi connectivity index (χ4n) is 3.38. The van der Waals surface area contributed by atoms with Crippen LogP contribution >= 0.6 is 0 Å². The van der Waals surface area contributed by atoms with Gasteiger partial charge in [0.2, 0.25) is 0 Å². The number of quaternary nitrogens is 1. The zero-order chi connectivity index (χ0) is 22.7. The molecule has 0 aliphatic heterocycles. The van der Waals surface area contributed by atoms with Gasteiger partial charge in [0.05, 0.1) is 33.7 Å². The van der Waals surface area contributed by atoms with Crippen molar-refractivity contribution < 1.29 is 19.5 Å². The molecule has 0 radical (unpaired) electrons. The number of benzene rings is 1. The lowest BCUT2D eigenvalue weighted by molar-refractivity contribution is -0.870. The zero-order valence-corrected chi connectivity index (χ0v) is 20.1. The number of hydrogen-bond donors (Lipinski definition) is 1. The second-order valence-electron chi connectivity index (χ2n) is 9.44. The fourth-order valence-corrected chi connectivity index (χ4v) is 3.38. The number of phenolic OH excluding ortho intramolecular Hbond substituents is 1. The third-order valence-corrected chi connectivity index (χ3v) is 5.29. The standard InChI is InChI=1S/C19H42N.C7H6O3/c1-5-6-7-8-9-10-11-12-13-14-15-16-17-18-19-20(2,3)4;8-6-3-1-5(2-4-6)7(9)10/h5-19H2,1-4H3;1-4,8H,(H,9,10)/q+1;/p-1. The molecule has 30 heavy (non-hydrogen) atoms. The molecule has 0 amide bonds. The summed E-state index contributed by atoms with van der Waals surface area (Å²) < 4.78 is 1.12. The first-order chi connectivity index (χ1) is 14.3. The Morgan fingerprint density at radius 3 is 1.43 bits per heavy atom. The van der Waals surface area contributed by atoms with Crippen molar-refractivity contribution >= 4 is 5.97 Å². The maximum absolute atomic E-state index is 10.1. The number of carbonyl (C=O) groups is 1. The third kappa shape index (κ3) is 19.8. The summed E-state index contributed by atoms with van der Waals surface area (Å²) in [7, 11) is 6.88. The van der Waals surface area contributed by atoms with Crippen molar-refractivity contribution in [3.05, 3.63) is 29.8 Å². The maximum atomic E-state index is 10.1. The number of aromatic carboxylic acids is 1. The number of phenols is 1. The number of carboxylic acid groups (broad SMARTS) is 1. The molecule has 0 spiro atoms. The molecule has 4 heteroatoms. The van der Waals surface area contributed by atoms with E-state index in [9.17, 15) is 9.90 Å². The molecule has 0 aromatic heterocycles. The number of rotatable bonds is 16. The van der Waals surface area contributed by atoms with Crippen molar-refractivity contribution in [2.75, 3.05) is 27.7 Å². The Balaban J connectivity index is 0.000000696. The quantitative estimate of drug-likeness (QED) is 0.266. The predicted molar refractivity (Wildman–Crippen MR) is 126 cm³/mol. The topological polar surface area (TPSA) is 60.4 Å². The molecule has 0 aliphatic carbocycles. The van der Waals surface area contributed by atoms with Gasteiger partial charge in [-0.3, -0.25) is 0 Å². The van der Waals surface area contributed by atoms with Crippen LogP contribution in [0.4, 0.5) is 0 Å². The van der Waals surface area contributed by atoms with E-state index in [1.54, 1.807) is 0 Å². The van der Waals surface area contributed by atoms with E-state index in [0.29, 0.717) is 0 Å². The molecule has 0 heterocycles. The first-order valence-electron chi connectivity index (χ1n) is 12.1. The molecule has 1 aromatic rings. The van der Waals surface area contributed by atoms with Crippen LogP contribution < -0.4 is 5.11 Å². The smallest absolute Gasteiger partial charge is 0.115 e. The lowest BCUT2D eigenvalue weighted by atomic mass is 10.0. The van der Waals surface area contributed by atoms with Gasteiger partial charge in [-0.05, 0) is 42.7 Å². The second-order valence-corrected chi connectivity index (χ2v) is 9.44. The number of unbranched alkanes of at least 4 members (excludes halogenated alkanes) is 13. The molecular weight excluding hydrogens is 374 g/mol. The van der Waals surface area contributed by atoms with E-state index in [1.165, 1.54) is 121 Å². The van der Waals surface area contributed by atoms with Crippen molar-refractivity contribution in [3.63, 3.8) is 0 Å². The highest BCUT2D eigenvalue weighted by Crippen LogP contribution is 2.13. The van der Waals surface area contributed by atoms with Crippen LogP contribution in [0.15, 0.2) is 24.3 Å². The van der Waals surface area contributed by atoms with Crippen LogP contribution in [0.25, 0.3) is 0 Å². The van der Waals surface area contributed by atoms with Crippen LogP contribution in [0.1, 0.15) is 107 Å². The fraction of sp³-hybridized carbons (Fsp3) is 0.731. The molecule has 174 valence electrons. The van der Waals surface area contributed by atoms with Gasteiger partial charge in [-0.15, -0.1) is 0 Å². The number of aromatic hydroxyl groups is 1. The summed E-state index contributed by atoms with van der Waals surface area (Å²) in [6.07, 6.45) is 20.4. The lowest BCUT2D eigenvalue weighted by Gasteiger charge is -2.23. The van der Waals surface area contributed by atoms with E-state index in [1.807, 2.05) is 0 Å². The van der Waals surface area contributed by atoms with Gasteiger partial charge < -0.3 is 19.5 Å². The van der Waals surface area contributed by atoms with Crippen molar-refractivity contribution in [1.29, 1.82) is 0 Å². The van der Waals surface area contributed by atoms with Crippen LogP contribution in [0.3, 0.4) is 0 Å². The first-order valence-corrected chi connectivity index (χ1v) is 12.1. The Morgan fingerprint density at radius 1 is 0.733 bits per heavy atom. The van der Waals surface area contributed by atoms with E-state index in [2.05, 4.69) is 28.1 Å². The van der Waals surface area contributed by atoms with Crippen molar-refractivity contribution in [3.8, 4) is 5.75 Å². The molecule has 0 aliphatic rings. The van der Waals surface area contributed by atoms with Crippen molar-refractivity contribution in [2.24, 2.45) is 0 Å². The molecule has 1 aromatic carbocycles. The number of carboxylic acids is 1. The van der Waals surface area contributed by atoms with E-state index in [-0.39, 0.29) is 11.3 Å². The summed E-state index contributed by atoms with van der Waals surface area (Å²) in [5, 5.41) is 18.8. The molecule has 4 nitrogen and oxygen atoms in total. The van der Waals surface area contributed by atoms with E-state index in [4.69, 9.17) is 5.11 Å². The van der Waals surface area contributed by atoms with Gasteiger partial charge in [0, 0.05) is 0 Å². The van der Waals surface area contributed by atoms with Crippen LogP contribution in [-0.2, 0) is 0 Å². The normalized spacial score (nSPS) is 11.1. The van der Waals surface area contributed by atoms with Crippen LogP contribution in [0.5, 0.6) is 5.75 Å². The minimum absolute atomic E-state index is 0.0463. The lowest BCUT2D eigenvalue weighted by Crippen LogP contribution is -2.35. The highest BCUT2D eigenvalue weighted by atomic mass is 16.4. The van der Waals surface area contributed by atoms with Gasteiger partial charge >= 0.3 is 0 Å². The Morgan fingerprint density at radius 2 is 1.10 bits per heavy atom. The summed E-state index contributed by atoms with van der Waals surface area (Å²) in [6, 6.07) is 5.16. The Labute approximate surface area is 185 Å². The molecule has 0 saturated heterocycles. The average Bonchev–Trinajstić information content (AvgIpc) is 2.68. The number of hydrogen-bond acceptors (Lipinski definition) is 3.